The second kappa shape index (κ2) is 7.51. The van der Waals surface area contributed by atoms with Crippen LogP contribution in [0.15, 0.2) is 27.4 Å². The number of halogens is 1. The van der Waals surface area contributed by atoms with Crippen molar-refractivity contribution in [1.82, 2.24) is 4.90 Å². The van der Waals surface area contributed by atoms with E-state index in [0.29, 0.717) is 16.3 Å². The summed E-state index contributed by atoms with van der Waals surface area (Å²) in [5, 5.41) is 52.4. The fourth-order valence-electron chi connectivity index (χ4n) is 5.43. The number of likely N-dealkylation sites (N-methyl/N-ethyl adjacent to an activating group) is 1. The van der Waals surface area contributed by atoms with Crippen LogP contribution in [0.4, 0.5) is 0 Å². The number of carbonyl (C=O) groups excluding carboxylic acids is 3. The molecular formula is C22H22BrN3O7. The van der Waals surface area contributed by atoms with Crippen molar-refractivity contribution in [2.24, 2.45) is 17.6 Å². The third-order valence-corrected chi connectivity index (χ3v) is 7.58. The molecule has 0 radical (unpaired) electrons. The summed E-state index contributed by atoms with van der Waals surface area (Å²) in [4.78, 5) is 38.6. The number of aliphatic hydroxyl groups excluding tert-OH is 2. The van der Waals surface area contributed by atoms with Crippen LogP contribution in [0.3, 0.4) is 0 Å². The van der Waals surface area contributed by atoms with Crippen LogP contribution in [-0.2, 0) is 16.0 Å². The number of ketones is 1. The van der Waals surface area contributed by atoms with Gasteiger partial charge in [0.25, 0.3) is 5.91 Å². The van der Waals surface area contributed by atoms with Gasteiger partial charge in [0.05, 0.1) is 22.9 Å². The largest absolute Gasteiger partial charge is 0.510 e. The Labute approximate surface area is 196 Å². The van der Waals surface area contributed by atoms with Crippen LogP contribution in [0, 0.1) is 17.2 Å². The van der Waals surface area contributed by atoms with Crippen molar-refractivity contribution >= 4 is 45.4 Å². The van der Waals surface area contributed by atoms with Gasteiger partial charge in [0.15, 0.2) is 11.9 Å². The Morgan fingerprint density at radius 2 is 1.97 bits per heavy atom. The lowest BCUT2D eigenvalue weighted by Gasteiger charge is -2.51. The van der Waals surface area contributed by atoms with Crippen molar-refractivity contribution in [3.8, 4) is 5.75 Å². The Morgan fingerprint density at radius 1 is 1.33 bits per heavy atom. The number of nitrogens with one attached hydrogen (secondary N) is 1. The van der Waals surface area contributed by atoms with Crippen LogP contribution in [0.25, 0.3) is 5.76 Å². The highest BCUT2D eigenvalue weighted by atomic mass is 79.9. The zero-order valence-corrected chi connectivity index (χ0v) is 19.3. The smallest absolute Gasteiger partial charge is 0.254 e. The quantitative estimate of drug-likeness (QED) is 0.319. The fraction of sp³-hybridized carbons (Fsp3) is 0.364. The molecule has 1 amide bonds. The van der Waals surface area contributed by atoms with E-state index in [9.17, 15) is 34.8 Å². The first-order chi connectivity index (χ1) is 15.4. The second-order valence-electron chi connectivity index (χ2n) is 8.78. The molecule has 4 atom stereocenters. The lowest BCUT2D eigenvalue weighted by Crippen LogP contribution is -2.67. The molecule has 0 aromatic heterocycles. The summed E-state index contributed by atoms with van der Waals surface area (Å²) < 4.78 is 0.454. The van der Waals surface area contributed by atoms with Crippen LogP contribution in [0.5, 0.6) is 5.75 Å². The molecule has 0 heterocycles. The molecule has 4 rings (SSSR count). The Hall–Kier alpha value is -3.02. The van der Waals surface area contributed by atoms with Gasteiger partial charge in [0.1, 0.15) is 22.8 Å². The van der Waals surface area contributed by atoms with E-state index in [4.69, 9.17) is 11.1 Å². The molecule has 0 aliphatic heterocycles. The van der Waals surface area contributed by atoms with Gasteiger partial charge < -0.3 is 31.6 Å². The molecule has 7 N–H and O–H groups in total. The predicted octanol–water partition coefficient (Wildman–Crippen LogP) is 0.990. The number of carbonyl (C=O) groups is 3. The lowest BCUT2D eigenvalue weighted by molar-refractivity contribution is -0.138. The molecule has 1 fully saturated rings. The molecule has 0 bridgehead atoms. The molecule has 1 saturated carbocycles. The van der Waals surface area contributed by atoms with Gasteiger partial charge in [-0.05, 0) is 44.5 Å². The number of aliphatic hydroxyl groups is 3. The maximum Gasteiger partial charge on any atom is 0.254 e. The van der Waals surface area contributed by atoms with Gasteiger partial charge in [-0.25, -0.2) is 0 Å². The summed E-state index contributed by atoms with van der Waals surface area (Å²) in [5.41, 5.74) is 1.39. The number of phenolic OH excluding ortho intramolecular Hbond substituents is 1. The number of benzene rings is 1. The number of aldehydes is 1. The summed E-state index contributed by atoms with van der Waals surface area (Å²) >= 11 is 3.35. The number of nitrogens with two attached hydrogens (primary N) is 1. The number of hydrogen-bond acceptors (Lipinski definition) is 9. The molecule has 3 aliphatic rings. The number of rotatable bonds is 3. The minimum atomic E-state index is -2.54. The van der Waals surface area contributed by atoms with E-state index in [0.717, 1.165) is 0 Å². The number of hydrogen-bond donors (Lipinski definition) is 6. The Bertz CT molecular complexity index is 1220. The standard InChI is InChI=1S/C22H22BrN3O7/c1-26(2)15-10-4-7-3-9-11(23)5-8(6-27)16(28)13(9)17(29)12(7)20(31)22(10,33)19(24)14(18(15)30)21(25)32/h5-7,10,15,24,28-30,33H,3-4H2,1-2H3,(H2,25,32)/t7-,10-,15-,22+/m0/s1. The van der Waals surface area contributed by atoms with E-state index in [-0.39, 0.29) is 29.5 Å². The monoisotopic (exact) mass is 519 g/mol. The van der Waals surface area contributed by atoms with E-state index < -0.39 is 63.7 Å². The van der Waals surface area contributed by atoms with Crippen LogP contribution < -0.4 is 5.73 Å². The van der Waals surface area contributed by atoms with E-state index in [1.54, 1.807) is 14.1 Å². The van der Waals surface area contributed by atoms with Crippen molar-refractivity contribution in [1.29, 1.82) is 5.41 Å². The van der Waals surface area contributed by atoms with Crippen molar-refractivity contribution in [3.63, 3.8) is 0 Å². The first kappa shape index (κ1) is 23.1. The highest BCUT2D eigenvalue weighted by Crippen LogP contribution is 2.53. The summed E-state index contributed by atoms with van der Waals surface area (Å²) in [6, 6.07) is 0.419. The number of aromatic hydroxyl groups is 1. The van der Waals surface area contributed by atoms with E-state index >= 15 is 0 Å². The van der Waals surface area contributed by atoms with Crippen LogP contribution >= 0.6 is 15.9 Å². The second-order valence-corrected chi connectivity index (χ2v) is 9.63. The first-order valence-electron chi connectivity index (χ1n) is 10.1. The minimum absolute atomic E-state index is 0.0744. The summed E-state index contributed by atoms with van der Waals surface area (Å²) in [6.45, 7) is 0. The summed E-state index contributed by atoms with van der Waals surface area (Å²) in [7, 11) is 3.18. The number of Topliss-reactive ketones (excluding diaryl/α,β-unsaturated/α-hetero) is 1. The van der Waals surface area contributed by atoms with Crippen molar-refractivity contribution in [2.75, 3.05) is 14.1 Å². The van der Waals surface area contributed by atoms with Gasteiger partial charge in [0, 0.05) is 16.0 Å². The molecule has 0 saturated heterocycles. The van der Waals surface area contributed by atoms with Crippen molar-refractivity contribution in [3.05, 3.63) is 44.1 Å². The molecule has 1 aromatic carbocycles. The maximum atomic E-state index is 13.7. The average Bonchev–Trinajstić information content (AvgIpc) is 2.72. The fourth-order valence-corrected chi connectivity index (χ4v) is 6.04. The van der Waals surface area contributed by atoms with Crippen molar-refractivity contribution < 1.29 is 34.8 Å². The molecule has 33 heavy (non-hydrogen) atoms. The Kier molecular flexibility index (Phi) is 5.26. The highest BCUT2D eigenvalue weighted by molar-refractivity contribution is 9.10. The molecule has 10 nitrogen and oxygen atoms in total. The summed E-state index contributed by atoms with van der Waals surface area (Å²) in [5.74, 6) is -5.42. The number of primary amides is 1. The summed E-state index contributed by atoms with van der Waals surface area (Å²) in [6.07, 6.45) is 0.661. The van der Waals surface area contributed by atoms with Gasteiger partial charge in [-0.3, -0.25) is 19.3 Å². The van der Waals surface area contributed by atoms with Crippen molar-refractivity contribution in [2.45, 2.75) is 24.5 Å². The minimum Gasteiger partial charge on any atom is -0.510 e. The van der Waals surface area contributed by atoms with E-state index in [1.165, 1.54) is 11.0 Å². The van der Waals surface area contributed by atoms with Gasteiger partial charge in [-0.1, -0.05) is 15.9 Å². The molecule has 0 unspecified atom stereocenters. The first-order valence-corrected chi connectivity index (χ1v) is 10.9. The number of nitrogens with zero attached hydrogens (tertiary/aromatic N) is 1. The van der Waals surface area contributed by atoms with E-state index in [2.05, 4.69) is 15.9 Å². The normalized spacial score (nSPS) is 29.1. The van der Waals surface area contributed by atoms with Crippen LogP contribution in [0.2, 0.25) is 0 Å². The third-order valence-electron chi connectivity index (χ3n) is 6.88. The molecular weight excluding hydrogens is 498 g/mol. The third kappa shape index (κ3) is 2.92. The SMILES string of the molecule is CN(C)[C@@H]1C(O)=C(C(N)=O)C(=N)[C@@]2(O)C(=O)C3=C(O)c4c(O)c(C=O)cc(Br)c4C[C@H]3C[C@@H]12. The average molecular weight is 520 g/mol. The molecule has 0 spiro atoms. The number of phenols is 1. The molecule has 11 heteroatoms. The highest BCUT2D eigenvalue weighted by Gasteiger charge is 2.63. The van der Waals surface area contributed by atoms with Gasteiger partial charge >= 0.3 is 0 Å². The number of fused-ring (bicyclic) bond motifs is 3. The van der Waals surface area contributed by atoms with E-state index in [1.807, 2.05) is 0 Å². The predicted molar refractivity (Wildman–Crippen MR) is 120 cm³/mol. The van der Waals surface area contributed by atoms with Gasteiger partial charge in [-0.2, -0.15) is 0 Å². The molecule has 3 aliphatic carbocycles. The van der Waals surface area contributed by atoms with Crippen LogP contribution in [0.1, 0.15) is 27.9 Å². The zero-order chi connectivity index (χ0) is 24.6. The maximum absolute atomic E-state index is 13.7. The Balaban J connectivity index is 1.98. The van der Waals surface area contributed by atoms with Gasteiger partial charge in [0.2, 0.25) is 5.78 Å². The van der Waals surface area contributed by atoms with Gasteiger partial charge in [-0.15, -0.1) is 0 Å². The molecule has 174 valence electrons. The lowest BCUT2D eigenvalue weighted by atomic mass is 9.57. The zero-order valence-electron chi connectivity index (χ0n) is 17.7. The number of amides is 1. The Morgan fingerprint density at radius 3 is 2.52 bits per heavy atom. The molecule has 1 aromatic rings. The van der Waals surface area contributed by atoms with Crippen LogP contribution in [-0.4, -0.2) is 74.8 Å². The topological polar surface area (TPSA) is 185 Å².